The molecule has 0 fully saturated rings. The number of nitrogens with one attached hydrogen (secondary N) is 1. The number of fused-ring (bicyclic) bond motifs is 1. The predicted molar refractivity (Wildman–Crippen MR) is 129 cm³/mol. The van der Waals surface area contributed by atoms with E-state index in [4.69, 9.17) is 0 Å². The molecule has 0 radical (unpaired) electrons. The molecule has 31 heavy (non-hydrogen) atoms. The number of rotatable bonds is 6. The van der Waals surface area contributed by atoms with Crippen LogP contribution in [0.2, 0.25) is 0 Å². The predicted octanol–water partition coefficient (Wildman–Crippen LogP) is 5.16. The van der Waals surface area contributed by atoms with Crippen LogP contribution in [-0.2, 0) is 11.3 Å². The molecule has 0 saturated carbocycles. The van der Waals surface area contributed by atoms with Crippen molar-refractivity contribution in [1.29, 1.82) is 0 Å². The molecule has 1 amide bonds. The number of hydrogen-bond acceptors (Lipinski definition) is 5. The molecular formula is C24H23N3O2S2. The van der Waals surface area contributed by atoms with Crippen molar-refractivity contribution >= 4 is 44.9 Å². The molecule has 0 bridgehead atoms. The van der Waals surface area contributed by atoms with Gasteiger partial charge in [0.25, 0.3) is 5.56 Å². The zero-order chi connectivity index (χ0) is 22.0. The number of nitrogens with zero attached hydrogens (tertiary/aromatic N) is 2. The zero-order valence-corrected chi connectivity index (χ0v) is 19.3. The van der Waals surface area contributed by atoms with E-state index in [1.807, 2.05) is 62.5 Å². The van der Waals surface area contributed by atoms with Crippen LogP contribution in [-0.4, -0.2) is 21.2 Å². The highest BCUT2D eigenvalue weighted by Crippen LogP contribution is 2.24. The summed E-state index contributed by atoms with van der Waals surface area (Å²) in [7, 11) is 0. The van der Waals surface area contributed by atoms with Gasteiger partial charge in [-0.1, -0.05) is 59.8 Å². The minimum Gasteiger partial charge on any atom is -0.325 e. The summed E-state index contributed by atoms with van der Waals surface area (Å²) in [6, 6.07) is 15.8. The van der Waals surface area contributed by atoms with Gasteiger partial charge in [0.2, 0.25) is 5.91 Å². The van der Waals surface area contributed by atoms with Crippen LogP contribution in [0.15, 0.2) is 63.9 Å². The number of carbonyl (C=O) groups excluding carboxylic acids is 1. The Morgan fingerprint density at radius 2 is 1.81 bits per heavy atom. The van der Waals surface area contributed by atoms with Crippen molar-refractivity contribution in [1.82, 2.24) is 9.55 Å². The summed E-state index contributed by atoms with van der Waals surface area (Å²) in [5.41, 5.74) is 5.70. The minimum atomic E-state index is -0.119. The van der Waals surface area contributed by atoms with Crippen LogP contribution in [0.1, 0.15) is 22.3 Å². The van der Waals surface area contributed by atoms with E-state index in [0.717, 1.165) is 22.4 Å². The molecular weight excluding hydrogens is 426 g/mol. The van der Waals surface area contributed by atoms with Crippen LogP contribution in [0.4, 0.5) is 5.69 Å². The number of anilines is 1. The molecule has 0 aliphatic carbocycles. The number of amides is 1. The Morgan fingerprint density at radius 1 is 1.10 bits per heavy atom. The smallest absolute Gasteiger partial charge is 0.272 e. The average molecular weight is 450 g/mol. The lowest BCUT2D eigenvalue weighted by Gasteiger charge is -2.14. The summed E-state index contributed by atoms with van der Waals surface area (Å²) < 4.78 is 2.30. The van der Waals surface area contributed by atoms with Crippen molar-refractivity contribution in [2.24, 2.45) is 0 Å². The van der Waals surface area contributed by atoms with E-state index in [0.29, 0.717) is 21.9 Å². The van der Waals surface area contributed by atoms with Crippen molar-refractivity contribution in [2.75, 3.05) is 11.1 Å². The van der Waals surface area contributed by atoms with E-state index < -0.39 is 0 Å². The summed E-state index contributed by atoms with van der Waals surface area (Å²) in [4.78, 5) is 30.5. The number of hydrogen-bond donors (Lipinski definition) is 1. The summed E-state index contributed by atoms with van der Waals surface area (Å²) >= 11 is 2.68. The summed E-state index contributed by atoms with van der Waals surface area (Å²) in [5.74, 6) is 0.0508. The monoisotopic (exact) mass is 449 g/mol. The first kappa shape index (κ1) is 21.3. The molecule has 158 valence electrons. The highest BCUT2D eigenvalue weighted by atomic mass is 32.2. The Bertz CT molecular complexity index is 1290. The van der Waals surface area contributed by atoms with Gasteiger partial charge in [0.05, 0.1) is 17.8 Å². The standard InChI is InChI=1S/C24H23N3O2S2/c1-15-11-16(2)21(17(3)12-15)26-20(28)14-31-24-25-19-9-10-30-22(19)23(29)27(24)13-18-7-5-4-6-8-18/h4-12H,13-14H2,1-3H3,(H,26,28). The number of benzene rings is 2. The normalized spacial score (nSPS) is 11.1. The maximum absolute atomic E-state index is 13.1. The quantitative estimate of drug-likeness (QED) is 0.326. The fraction of sp³-hybridized carbons (Fsp3) is 0.208. The van der Waals surface area contributed by atoms with Gasteiger partial charge in [0.15, 0.2) is 5.16 Å². The van der Waals surface area contributed by atoms with E-state index in [-0.39, 0.29) is 17.2 Å². The van der Waals surface area contributed by atoms with Gasteiger partial charge in [-0.3, -0.25) is 14.2 Å². The van der Waals surface area contributed by atoms with Gasteiger partial charge in [-0.2, -0.15) is 0 Å². The Hall–Kier alpha value is -2.90. The first-order valence-corrected chi connectivity index (χ1v) is 11.8. The van der Waals surface area contributed by atoms with Crippen molar-refractivity contribution in [3.63, 3.8) is 0 Å². The fourth-order valence-corrected chi connectivity index (χ4v) is 5.20. The Kier molecular flexibility index (Phi) is 6.25. The van der Waals surface area contributed by atoms with Gasteiger partial charge in [0.1, 0.15) is 4.70 Å². The molecule has 0 atom stereocenters. The summed E-state index contributed by atoms with van der Waals surface area (Å²) in [6.07, 6.45) is 0. The largest absolute Gasteiger partial charge is 0.325 e. The van der Waals surface area contributed by atoms with Gasteiger partial charge in [-0.15, -0.1) is 11.3 Å². The van der Waals surface area contributed by atoms with Crippen molar-refractivity contribution in [3.05, 3.63) is 86.5 Å². The fourth-order valence-electron chi connectivity index (χ4n) is 3.62. The first-order chi connectivity index (χ1) is 14.9. The Morgan fingerprint density at radius 3 is 2.52 bits per heavy atom. The molecule has 1 N–H and O–H groups in total. The van der Waals surface area contributed by atoms with Crippen LogP contribution in [0.3, 0.4) is 0 Å². The summed E-state index contributed by atoms with van der Waals surface area (Å²) in [5, 5.41) is 5.44. The van der Waals surface area contributed by atoms with Crippen molar-refractivity contribution < 1.29 is 4.79 Å². The number of aryl methyl sites for hydroxylation is 3. The van der Waals surface area contributed by atoms with Crippen LogP contribution in [0, 0.1) is 20.8 Å². The molecule has 0 spiro atoms. The van der Waals surface area contributed by atoms with E-state index in [1.54, 1.807) is 4.57 Å². The SMILES string of the molecule is Cc1cc(C)c(NC(=O)CSc2nc3ccsc3c(=O)n2Cc2ccccc2)c(C)c1. The maximum Gasteiger partial charge on any atom is 0.272 e. The summed E-state index contributed by atoms with van der Waals surface area (Å²) in [6.45, 7) is 6.44. The Labute approximate surface area is 189 Å². The lowest BCUT2D eigenvalue weighted by atomic mass is 10.1. The third kappa shape index (κ3) is 4.73. The molecule has 2 aromatic heterocycles. The van der Waals surface area contributed by atoms with Crippen LogP contribution >= 0.6 is 23.1 Å². The van der Waals surface area contributed by atoms with Gasteiger partial charge in [-0.25, -0.2) is 4.98 Å². The van der Waals surface area contributed by atoms with E-state index in [9.17, 15) is 9.59 Å². The molecule has 2 heterocycles. The molecule has 5 nitrogen and oxygen atoms in total. The lowest BCUT2D eigenvalue weighted by Crippen LogP contribution is -2.24. The lowest BCUT2D eigenvalue weighted by molar-refractivity contribution is -0.113. The average Bonchev–Trinajstić information content (AvgIpc) is 3.21. The number of carbonyl (C=O) groups is 1. The highest BCUT2D eigenvalue weighted by molar-refractivity contribution is 7.99. The third-order valence-electron chi connectivity index (χ3n) is 4.99. The molecule has 4 aromatic rings. The second-order valence-electron chi connectivity index (χ2n) is 7.52. The van der Waals surface area contributed by atoms with Crippen LogP contribution < -0.4 is 10.9 Å². The second kappa shape index (κ2) is 9.08. The minimum absolute atomic E-state index is 0.0722. The molecule has 2 aromatic carbocycles. The second-order valence-corrected chi connectivity index (χ2v) is 9.38. The maximum atomic E-state index is 13.1. The molecule has 0 saturated heterocycles. The van der Waals surface area contributed by atoms with Gasteiger partial charge >= 0.3 is 0 Å². The molecule has 7 heteroatoms. The first-order valence-electron chi connectivity index (χ1n) is 9.95. The van der Waals surface area contributed by atoms with Crippen molar-refractivity contribution in [2.45, 2.75) is 32.5 Å². The zero-order valence-electron chi connectivity index (χ0n) is 17.6. The molecule has 0 aliphatic heterocycles. The van der Waals surface area contributed by atoms with E-state index >= 15 is 0 Å². The van der Waals surface area contributed by atoms with Gasteiger partial charge in [-0.05, 0) is 48.9 Å². The van der Waals surface area contributed by atoms with E-state index in [2.05, 4.69) is 22.4 Å². The van der Waals surface area contributed by atoms with E-state index in [1.165, 1.54) is 28.7 Å². The molecule has 0 aliphatic rings. The van der Waals surface area contributed by atoms with Crippen molar-refractivity contribution in [3.8, 4) is 0 Å². The van der Waals surface area contributed by atoms with Crippen LogP contribution in [0.5, 0.6) is 0 Å². The van der Waals surface area contributed by atoms with Gasteiger partial charge < -0.3 is 5.32 Å². The molecule has 0 unspecified atom stereocenters. The topological polar surface area (TPSA) is 64.0 Å². The molecule has 4 rings (SSSR count). The third-order valence-corrected chi connectivity index (χ3v) is 6.86. The number of aromatic nitrogens is 2. The van der Waals surface area contributed by atoms with Gasteiger partial charge in [0, 0.05) is 5.69 Å². The van der Waals surface area contributed by atoms with Crippen LogP contribution in [0.25, 0.3) is 10.2 Å². The highest BCUT2D eigenvalue weighted by Gasteiger charge is 2.15. The number of thiophene rings is 1. The number of thioether (sulfide) groups is 1. The Balaban J connectivity index is 1.58.